The van der Waals surface area contributed by atoms with Gasteiger partial charge < -0.3 is 4.74 Å². The van der Waals surface area contributed by atoms with Crippen LogP contribution in [0, 0.1) is 0 Å². The minimum absolute atomic E-state index is 0.219. The molecule has 0 aliphatic rings. The van der Waals surface area contributed by atoms with Gasteiger partial charge >= 0.3 is 0 Å². The molecular formula is C14H10ClN3OS. The molecule has 2 heterocycles. The van der Waals surface area contributed by atoms with E-state index in [0.717, 1.165) is 27.7 Å². The van der Waals surface area contributed by atoms with Gasteiger partial charge in [0, 0.05) is 17.1 Å². The van der Waals surface area contributed by atoms with Crippen molar-refractivity contribution in [1.29, 1.82) is 0 Å². The molecule has 0 amide bonds. The second-order valence-electron chi connectivity index (χ2n) is 3.95. The quantitative estimate of drug-likeness (QED) is 0.688. The fourth-order valence-electron chi connectivity index (χ4n) is 1.83. The van der Waals surface area contributed by atoms with Crippen molar-refractivity contribution in [2.24, 2.45) is 0 Å². The number of halogens is 1. The third-order valence-electron chi connectivity index (χ3n) is 2.73. The molecule has 3 rings (SSSR count). The largest absolute Gasteiger partial charge is 0.496 e. The first kappa shape index (κ1) is 13.0. The zero-order valence-corrected chi connectivity index (χ0v) is 12.1. The van der Waals surface area contributed by atoms with Crippen molar-refractivity contribution in [3.8, 4) is 27.7 Å². The molecular weight excluding hydrogens is 294 g/mol. The van der Waals surface area contributed by atoms with Gasteiger partial charge in [-0.3, -0.25) is 0 Å². The maximum Gasteiger partial charge on any atom is 0.222 e. The molecule has 100 valence electrons. The van der Waals surface area contributed by atoms with E-state index in [-0.39, 0.29) is 5.28 Å². The molecule has 20 heavy (non-hydrogen) atoms. The van der Waals surface area contributed by atoms with Crippen LogP contribution in [0.25, 0.3) is 22.0 Å². The van der Waals surface area contributed by atoms with Gasteiger partial charge in [-0.25, -0.2) is 15.0 Å². The van der Waals surface area contributed by atoms with E-state index in [4.69, 9.17) is 16.3 Å². The van der Waals surface area contributed by atoms with Crippen LogP contribution in [-0.2, 0) is 0 Å². The summed E-state index contributed by atoms with van der Waals surface area (Å²) in [5.41, 5.74) is 2.53. The molecule has 0 bridgehead atoms. The van der Waals surface area contributed by atoms with Crippen molar-refractivity contribution in [3.05, 3.63) is 47.2 Å². The van der Waals surface area contributed by atoms with Crippen LogP contribution in [0.15, 0.2) is 41.9 Å². The summed E-state index contributed by atoms with van der Waals surface area (Å²) in [5, 5.41) is 3.00. The van der Waals surface area contributed by atoms with Crippen LogP contribution < -0.4 is 4.74 Å². The van der Waals surface area contributed by atoms with Gasteiger partial charge in [0.25, 0.3) is 0 Å². The number of benzene rings is 1. The Hall–Kier alpha value is -1.98. The zero-order valence-electron chi connectivity index (χ0n) is 10.6. The number of aromatic nitrogens is 3. The predicted octanol–water partition coefficient (Wildman–Crippen LogP) is 3.93. The molecule has 0 saturated heterocycles. The van der Waals surface area contributed by atoms with E-state index in [1.54, 1.807) is 19.4 Å². The SMILES string of the molecule is COc1ccccc1-c1csc(-c2ccnc(Cl)n2)n1. The lowest BCUT2D eigenvalue weighted by atomic mass is 10.1. The van der Waals surface area contributed by atoms with Crippen LogP contribution in [0.1, 0.15) is 0 Å². The predicted molar refractivity (Wildman–Crippen MR) is 80.1 cm³/mol. The van der Waals surface area contributed by atoms with Gasteiger partial charge in [-0.2, -0.15) is 0 Å². The Morgan fingerprint density at radius 3 is 2.75 bits per heavy atom. The number of hydrogen-bond donors (Lipinski definition) is 0. The van der Waals surface area contributed by atoms with E-state index >= 15 is 0 Å². The van der Waals surface area contributed by atoms with Crippen molar-refractivity contribution in [1.82, 2.24) is 15.0 Å². The van der Waals surface area contributed by atoms with E-state index < -0.39 is 0 Å². The third-order valence-corrected chi connectivity index (χ3v) is 3.78. The Morgan fingerprint density at radius 1 is 1.10 bits per heavy atom. The average molecular weight is 304 g/mol. The molecule has 0 aliphatic heterocycles. The van der Waals surface area contributed by atoms with E-state index in [1.807, 2.05) is 29.6 Å². The molecule has 1 aromatic carbocycles. The van der Waals surface area contributed by atoms with Crippen LogP contribution in [0.5, 0.6) is 5.75 Å². The standard InChI is InChI=1S/C14H10ClN3OS/c1-19-12-5-3-2-4-9(12)11-8-20-13(17-11)10-6-7-16-14(15)18-10/h2-8H,1H3. The van der Waals surface area contributed by atoms with Crippen LogP contribution >= 0.6 is 22.9 Å². The Balaban J connectivity index is 2.02. The van der Waals surface area contributed by atoms with Crippen LogP contribution in [-0.4, -0.2) is 22.1 Å². The summed E-state index contributed by atoms with van der Waals surface area (Å²) in [4.78, 5) is 12.6. The first-order valence-corrected chi connectivity index (χ1v) is 7.11. The van der Waals surface area contributed by atoms with Crippen molar-refractivity contribution < 1.29 is 4.74 Å². The lowest BCUT2D eigenvalue weighted by Gasteiger charge is -2.04. The molecule has 0 N–H and O–H groups in total. The fourth-order valence-corrected chi connectivity index (χ4v) is 2.76. The lowest BCUT2D eigenvalue weighted by Crippen LogP contribution is -1.88. The van der Waals surface area contributed by atoms with E-state index in [9.17, 15) is 0 Å². The highest BCUT2D eigenvalue weighted by molar-refractivity contribution is 7.13. The summed E-state index contributed by atoms with van der Waals surface area (Å²) in [6, 6.07) is 9.56. The number of nitrogens with zero attached hydrogens (tertiary/aromatic N) is 3. The second kappa shape index (κ2) is 5.56. The third kappa shape index (κ3) is 2.50. The molecule has 6 heteroatoms. The Morgan fingerprint density at radius 2 is 1.95 bits per heavy atom. The lowest BCUT2D eigenvalue weighted by molar-refractivity contribution is 0.416. The minimum Gasteiger partial charge on any atom is -0.496 e. The van der Waals surface area contributed by atoms with Crippen molar-refractivity contribution in [2.75, 3.05) is 7.11 Å². The highest BCUT2D eigenvalue weighted by atomic mass is 35.5. The molecule has 0 aliphatic carbocycles. The number of rotatable bonds is 3. The summed E-state index contributed by atoms with van der Waals surface area (Å²) in [6.45, 7) is 0. The second-order valence-corrected chi connectivity index (χ2v) is 5.15. The summed E-state index contributed by atoms with van der Waals surface area (Å²) in [5.74, 6) is 0.796. The molecule has 2 aromatic heterocycles. The molecule has 0 spiro atoms. The molecule has 0 saturated carbocycles. The van der Waals surface area contributed by atoms with Crippen molar-refractivity contribution in [2.45, 2.75) is 0 Å². The Bertz CT molecular complexity index is 745. The van der Waals surface area contributed by atoms with Gasteiger partial charge in [-0.15, -0.1) is 11.3 Å². The minimum atomic E-state index is 0.219. The Kier molecular flexibility index (Phi) is 3.62. The number of hydrogen-bond acceptors (Lipinski definition) is 5. The first-order valence-electron chi connectivity index (χ1n) is 5.86. The molecule has 0 fully saturated rings. The first-order chi connectivity index (χ1) is 9.78. The van der Waals surface area contributed by atoms with Gasteiger partial charge in [-0.05, 0) is 29.8 Å². The van der Waals surface area contributed by atoms with E-state index in [1.165, 1.54) is 11.3 Å². The normalized spacial score (nSPS) is 10.5. The van der Waals surface area contributed by atoms with Gasteiger partial charge in [0.15, 0.2) is 0 Å². The topological polar surface area (TPSA) is 47.9 Å². The number of para-hydroxylation sites is 1. The zero-order chi connectivity index (χ0) is 13.9. The molecule has 0 atom stereocenters. The summed E-state index contributed by atoms with van der Waals surface area (Å²) < 4.78 is 5.35. The molecule has 0 unspecified atom stereocenters. The molecule has 3 aromatic rings. The fraction of sp³-hybridized carbons (Fsp3) is 0.0714. The molecule has 4 nitrogen and oxygen atoms in total. The highest BCUT2D eigenvalue weighted by Crippen LogP contribution is 2.33. The summed E-state index contributed by atoms with van der Waals surface area (Å²) in [7, 11) is 1.65. The Labute approximate surface area is 125 Å². The van der Waals surface area contributed by atoms with Crippen molar-refractivity contribution in [3.63, 3.8) is 0 Å². The number of ether oxygens (including phenoxy) is 1. The van der Waals surface area contributed by atoms with Crippen molar-refractivity contribution >= 4 is 22.9 Å². The monoisotopic (exact) mass is 303 g/mol. The highest BCUT2D eigenvalue weighted by Gasteiger charge is 2.11. The van der Waals surface area contributed by atoms with Gasteiger partial charge in [0.2, 0.25) is 5.28 Å². The smallest absolute Gasteiger partial charge is 0.222 e. The van der Waals surface area contributed by atoms with Crippen LogP contribution in [0.4, 0.5) is 0 Å². The van der Waals surface area contributed by atoms with Crippen LogP contribution in [0.3, 0.4) is 0 Å². The number of methoxy groups -OCH3 is 1. The van der Waals surface area contributed by atoms with E-state index in [0.29, 0.717) is 0 Å². The van der Waals surface area contributed by atoms with E-state index in [2.05, 4.69) is 15.0 Å². The maximum atomic E-state index is 5.80. The maximum absolute atomic E-state index is 5.80. The van der Waals surface area contributed by atoms with Crippen LogP contribution in [0.2, 0.25) is 5.28 Å². The number of thiazole rings is 1. The summed E-state index contributed by atoms with van der Waals surface area (Å²) >= 11 is 7.31. The molecule has 0 radical (unpaired) electrons. The summed E-state index contributed by atoms with van der Waals surface area (Å²) in [6.07, 6.45) is 1.62. The van der Waals surface area contributed by atoms with Gasteiger partial charge in [-0.1, -0.05) is 12.1 Å². The van der Waals surface area contributed by atoms with Gasteiger partial charge in [0.05, 0.1) is 12.8 Å². The average Bonchev–Trinajstić information content (AvgIpc) is 2.97. The van der Waals surface area contributed by atoms with Gasteiger partial charge in [0.1, 0.15) is 16.5 Å².